The van der Waals surface area contributed by atoms with E-state index in [-0.39, 0.29) is 6.10 Å². The van der Waals surface area contributed by atoms with Crippen LogP contribution in [0.2, 0.25) is 0 Å². The van der Waals surface area contributed by atoms with E-state index in [1.165, 1.54) is 0 Å². The highest BCUT2D eigenvalue weighted by Crippen LogP contribution is 2.19. The van der Waals surface area contributed by atoms with Gasteiger partial charge in [0.25, 0.3) is 0 Å². The molecule has 3 nitrogen and oxygen atoms in total. The predicted molar refractivity (Wildman–Crippen MR) is 63.2 cm³/mol. The van der Waals surface area contributed by atoms with Gasteiger partial charge in [0, 0.05) is 12.6 Å². The van der Waals surface area contributed by atoms with Crippen LogP contribution in [0.15, 0.2) is 24.3 Å². The van der Waals surface area contributed by atoms with Crippen molar-refractivity contribution in [1.82, 2.24) is 5.32 Å². The Hall–Kier alpha value is -1.06. The van der Waals surface area contributed by atoms with Crippen molar-refractivity contribution in [3.05, 3.63) is 29.8 Å². The zero-order chi connectivity index (χ0) is 11.4. The Morgan fingerprint density at radius 1 is 1.19 bits per heavy atom. The largest absolute Gasteiger partial charge is 0.508 e. The fourth-order valence-corrected chi connectivity index (χ4v) is 2.21. The number of nitrogens with one attached hydrogen (secondary N) is 1. The van der Waals surface area contributed by atoms with E-state index < -0.39 is 0 Å². The molecule has 1 aliphatic rings. The van der Waals surface area contributed by atoms with Gasteiger partial charge < -0.3 is 15.5 Å². The van der Waals surface area contributed by atoms with Crippen LogP contribution in [0.25, 0.3) is 0 Å². The maximum atomic E-state index is 9.39. The first-order chi connectivity index (χ1) is 7.74. The molecule has 1 aromatic carbocycles. The third kappa shape index (κ3) is 3.22. The van der Waals surface area contributed by atoms with Gasteiger partial charge in [-0.05, 0) is 43.4 Å². The summed E-state index contributed by atoms with van der Waals surface area (Å²) in [5.74, 6) is 0.318. The summed E-state index contributed by atoms with van der Waals surface area (Å²) in [6.45, 7) is 0.787. The van der Waals surface area contributed by atoms with E-state index in [0.29, 0.717) is 11.8 Å². The minimum Gasteiger partial charge on any atom is -0.508 e. The number of phenolic OH excluding ortho intramolecular Hbond substituents is 1. The monoisotopic (exact) mass is 221 g/mol. The van der Waals surface area contributed by atoms with Crippen LogP contribution in [0.1, 0.15) is 31.2 Å². The zero-order valence-corrected chi connectivity index (χ0v) is 9.39. The van der Waals surface area contributed by atoms with Gasteiger partial charge >= 0.3 is 0 Å². The molecule has 0 heterocycles. The number of aromatic hydroxyl groups is 1. The third-order valence-corrected chi connectivity index (χ3v) is 3.20. The molecule has 1 aromatic rings. The summed E-state index contributed by atoms with van der Waals surface area (Å²) in [6, 6.07) is 7.83. The Balaban J connectivity index is 1.79. The highest BCUT2D eigenvalue weighted by Gasteiger charge is 2.18. The van der Waals surface area contributed by atoms with E-state index in [0.717, 1.165) is 37.8 Å². The van der Waals surface area contributed by atoms with E-state index in [2.05, 4.69) is 5.32 Å². The van der Waals surface area contributed by atoms with E-state index >= 15 is 0 Å². The maximum absolute atomic E-state index is 9.39. The Morgan fingerprint density at radius 2 is 1.94 bits per heavy atom. The molecule has 1 aliphatic carbocycles. The molecule has 0 aliphatic heterocycles. The van der Waals surface area contributed by atoms with Crippen molar-refractivity contribution in [2.24, 2.45) is 0 Å². The number of phenols is 1. The van der Waals surface area contributed by atoms with Gasteiger partial charge in [-0.1, -0.05) is 12.1 Å². The Bertz CT molecular complexity index is 332. The van der Waals surface area contributed by atoms with Gasteiger partial charge in [-0.15, -0.1) is 0 Å². The minimum absolute atomic E-state index is 0.0983. The molecular formula is C13H19NO2. The van der Waals surface area contributed by atoms with Crippen molar-refractivity contribution in [2.75, 3.05) is 0 Å². The maximum Gasteiger partial charge on any atom is 0.115 e. The van der Waals surface area contributed by atoms with Crippen molar-refractivity contribution >= 4 is 0 Å². The summed E-state index contributed by atoms with van der Waals surface area (Å²) >= 11 is 0. The van der Waals surface area contributed by atoms with Crippen molar-refractivity contribution in [3.63, 3.8) is 0 Å². The molecule has 0 unspecified atom stereocenters. The number of hydrogen-bond donors (Lipinski definition) is 3. The van der Waals surface area contributed by atoms with Gasteiger partial charge in [-0.2, -0.15) is 0 Å². The average molecular weight is 221 g/mol. The molecule has 0 aromatic heterocycles. The lowest BCUT2D eigenvalue weighted by atomic mass is 9.93. The highest BCUT2D eigenvalue weighted by atomic mass is 16.3. The Morgan fingerprint density at radius 3 is 2.62 bits per heavy atom. The Labute approximate surface area is 96.1 Å². The molecule has 0 spiro atoms. The van der Waals surface area contributed by atoms with E-state index in [1.54, 1.807) is 12.1 Å². The first-order valence-electron chi connectivity index (χ1n) is 5.93. The van der Waals surface area contributed by atoms with Crippen molar-refractivity contribution < 1.29 is 10.2 Å². The van der Waals surface area contributed by atoms with Crippen LogP contribution >= 0.6 is 0 Å². The minimum atomic E-state index is -0.0983. The van der Waals surface area contributed by atoms with Crippen molar-refractivity contribution in [2.45, 2.75) is 44.4 Å². The molecule has 0 amide bonds. The molecule has 0 bridgehead atoms. The topological polar surface area (TPSA) is 52.5 Å². The molecule has 0 radical (unpaired) electrons. The van der Waals surface area contributed by atoms with Gasteiger partial charge in [-0.3, -0.25) is 0 Å². The zero-order valence-electron chi connectivity index (χ0n) is 9.39. The van der Waals surface area contributed by atoms with Gasteiger partial charge in [0.15, 0.2) is 0 Å². The number of benzene rings is 1. The van der Waals surface area contributed by atoms with Crippen molar-refractivity contribution in [1.29, 1.82) is 0 Å². The number of rotatable bonds is 3. The summed E-state index contributed by atoms with van der Waals surface area (Å²) in [6.07, 6.45) is 3.79. The molecular weight excluding hydrogens is 202 g/mol. The second-order valence-electron chi connectivity index (χ2n) is 4.56. The molecule has 88 valence electrons. The van der Waals surface area contributed by atoms with Crippen LogP contribution in [-0.2, 0) is 6.54 Å². The standard InChI is InChI=1S/C13H19NO2/c15-12-6-4-11(5-7-12)14-9-10-2-1-3-13(16)8-10/h1-3,8,11-12,14-16H,4-7,9H2. The molecule has 2 rings (SSSR count). The van der Waals surface area contributed by atoms with E-state index in [9.17, 15) is 10.2 Å². The van der Waals surface area contributed by atoms with Gasteiger partial charge in [0.05, 0.1) is 6.10 Å². The predicted octanol–water partition coefficient (Wildman–Crippen LogP) is 1.79. The normalized spacial score (nSPS) is 25.6. The third-order valence-electron chi connectivity index (χ3n) is 3.20. The second kappa shape index (κ2) is 5.32. The molecule has 3 N–H and O–H groups in total. The summed E-state index contributed by atoms with van der Waals surface area (Å²) in [4.78, 5) is 0. The quantitative estimate of drug-likeness (QED) is 0.729. The average Bonchev–Trinajstić information content (AvgIpc) is 2.28. The van der Waals surface area contributed by atoms with Gasteiger partial charge in [0.1, 0.15) is 5.75 Å². The molecule has 16 heavy (non-hydrogen) atoms. The summed E-state index contributed by atoms with van der Waals surface area (Å²) in [5, 5.41) is 22.2. The lowest BCUT2D eigenvalue weighted by Gasteiger charge is -2.26. The van der Waals surface area contributed by atoms with Crippen LogP contribution < -0.4 is 5.32 Å². The molecule has 3 heteroatoms. The summed E-state index contributed by atoms with van der Waals surface area (Å²) < 4.78 is 0. The van der Waals surface area contributed by atoms with Crippen LogP contribution in [0.5, 0.6) is 5.75 Å². The molecule has 1 fully saturated rings. The number of aliphatic hydroxyl groups is 1. The van der Waals surface area contributed by atoms with Gasteiger partial charge in [-0.25, -0.2) is 0 Å². The Kier molecular flexibility index (Phi) is 3.80. The number of aliphatic hydroxyl groups excluding tert-OH is 1. The summed E-state index contributed by atoms with van der Waals surface area (Å²) in [7, 11) is 0. The van der Waals surface area contributed by atoms with E-state index in [1.807, 2.05) is 12.1 Å². The number of hydrogen-bond acceptors (Lipinski definition) is 3. The highest BCUT2D eigenvalue weighted by molar-refractivity contribution is 5.26. The van der Waals surface area contributed by atoms with Crippen LogP contribution in [0.3, 0.4) is 0 Å². The lowest BCUT2D eigenvalue weighted by molar-refractivity contribution is 0.116. The van der Waals surface area contributed by atoms with Crippen LogP contribution in [0.4, 0.5) is 0 Å². The first kappa shape index (κ1) is 11.4. The van der Waals surface area contributed by atoms with Crippen LogP contribution in [-0.4, -0.2) is 22.4 Å². The van der Waals surface area contributed by atoms with Gasteiger partial charge in [0.2, 0.25) is 0 Å². The first-order valence-corrected chi connectivity index (χ1v) is 5.93. The second-order valence-corrected chi connectivity index (χ2v) is 4.56. The summed E-state index contributed by atoms with van der Waals surface area (Å²) in [5.41, 5.74) is 1.10. The molecule has 1 saturated carbocycles. The fraction of sp³-hybridized carbons (Fsp3) is 0.538. The SMILES string of the molecule is Oc1cccc(CNC2CCC(O)CC2)c1. The van der Waals surface area contributed by atoms with Crippen LogP contribution in [0, 0.1) is 0 Å². The van der Waals surface area contributed by atoms with Crippen molar-refractivity contribution in [3.8, 4) is 5.75 Å². The fourth-order valence-electron chi connectivity index (χ4n) is 2.21. The lowest BCUT2D eigenvalue weighted by Crippen LogP contribution is -2.34. The smallest absolute Gasteiger partial charge is 0.115 e. The molecule has 0 atom stereocenters. The molecule has 0 saturated heterocycles. The van der Waals surface area contributed by atoms with E-state index in [4.69, 9.17) is 0 Å².